The van der Waals surface area contributed by atoms with E-state index in [1.807, 2.05) is 6.92 Å². The van der Waals surface area contributed by atoms with E-state index in [0.717, 1.165) is 16.3 Å². The van der Waals surface area contributed by atoms with E-state index >= 15 is 0 Å². The Balaban J connectivity index is 3.22. The van der Waals surface area contributed by atoms with Gasteiger partial charge in [-0.1, -0.05) is 18.9 Å². The van der Waals surface area contributed by atoms with Gasteiger partial charge in [0, 0.05) is 7.05 Å². The summed E-state index contributed by atoms with van der Waals surface area (Å²) in [5.74, 6) is 2.29. The minimum absolute atomic E-state index is 0.0202. The van der Waals surface area contributed by atoms with Crippen LogP contribution in [-0.4, -0.2) is 31.4 Å². The van der Waals surface area contributed by atoms with Gasteiger partial charge in [0.15, 0.2) is 0 Å². The number of nitrogens with zero attached hydrogens (tertiary/aromatic N) is 1. The predicted octanol–water partition coefficient (Wildman–Crippen LogP) is 0.995. The maximum atomic E-state index is 12.1. The number of terminal acetylenes is 1. The monoisotopic (exact) mass is 267 g/mol. The average Bonchev–Trinajstić information content (AvgIpc) is 2.38. The lowest BCUT2D eigenvalue weighted by atomic mass is 10.1. The van der Waals surface area contributed by atoms with E-state index < -0.39 is 10.0 Å². The van der Waals surface area contributed by atoms with Gasteiger partial charge in [-0.2, -0.15) is 4.31 Å². The summed E-state index contributed by atoms with van der Waals surface area (Å²) in [4.78, 5) is 0.154. The third kappa shape index (κ3) is 2.91. The number of aliphatic hydroxyl groups is 1. The molecule has 0 spiro atoms. The van der Waals surface area contributed by atoms with Crippen molar-refractivity contribution in [3.05, 3.63) is 29.3 Å². The van der Waals surface area contributed by atoms with Crippen LogP contribution in [0.1, 0.15) is 18.1 Å². The first-order valence-corrected chi connectivity index (χ1v) is 7.03. The normalized spacial score (nSPS) is 11.5. The second-order valence-corrected chi connectivity index (χ2v) is 5.95. The van der Waals surface area contributed by atoms with Crippen molar-refractivity contribution in [1.82, 2.24) is 4.31 Å². The summed E-state index contributed by atoms with van der Waals surface area (Å²) in [5.41, 5.74) is 1.57. The zero-order chi connectivity index (χ0) is 13.8. The standard InChI is InChI=1S/C13H17NO3S/c1-4-8-14(3)18(16,17)13-7-6-11(5-2)12(9-13)10-15/h1,6-7,9,15H,5,8,10H2,2-3H3. The number of hydrogen-bond acceptors (Lipinski definition) is 3. The first-order chi connectivity index (χ1) is 8.47. The molecular formula is C13H17NO3S. The number of aryl methyl sites for hydroxylation is 1. The zero-order valence-corrected chi connectivity index (χ0v) is 11.4. The number of rotatable bonds is 5. The number of benzene rings is 1. The van der Waals surface area contributed by atoms with Crippen molar-refractivity contribution < 1.29 is 13.5 Å². The fourth-order valence-corrected chi connectivity index (χ4v) is 2.78. The van der Waals surface area contributed by atoms with Gasteiger partial charge in [-0.25, -0.2) is 8.42 Å². The molecule has 0 saturated carbocycles. The van der Waals surface area contributed by atoms with Crippen LogP contribution in [-0.2, 0) is 23.1 Å². The topological polar surface area (TPSA) is 57.6 Å². The molecule has 1 rings (SSSR count). The Morgan fingerprint density at radius 1 is 1.39 bits per heavy atom. The Hall–Kier alpha value is -1.35. The Morgan fingerprint density at radius 2 is 2.06 bits per heavy atom. The average molecular weight is 267 g/mol. The summed E-state index contributed by atoms with van der Waals surface area (Å²) in [6.07, 6.45) is 5.86. The van der Waals surface area contributed by atoms with Gasteiger partial charge in [-0.05, 0) is 29.7 Å². The van der Waals surface area contributed by atoms with Crippen molar-refractivity contribution in [2.24, 2.45) is 0 Å². The van der Waals surface area contributed by atoms with Gasteiger partial charge < -0.3 is 5.11 Å². The molecule has 0 aliphatic heterocycles. The highest BCUT2D eigenvalue weighted by Gasteiger charge is 2.20. The molecule has 0 unspecified atom stereocenters. The molecule has 98 valence electrons. The van der Waals surface area contributed by atoms with Crippen LogP contribution in [0.4, 0.5) is 0 Å². The van der Waals surface area contributed by atoms with Crippen molar-refractivity contribution in [3.63, 3.8) is 0 Å². The third-order valence-corrected chi connectivity index (χ3v) is 4.55. The molecule has 0 aromatic heterocycles. The fourth-order valence-electron chi connectivity index (χ4n) is 1.65. The van der Waals surface area contributed by atoms with Gasteiger partial charge in [0.25, 0.3) is 0 Å². The summed E-state index contributed by atoms with van der Waals surface area (Å²) < 4.78 is 25.4. The predicted molar refractivity (Wildman–Crippen MR) is 70.4 cm³/mol. The molecule has 0 radical (unpaired) electrons. The molecule has 18 heavy (non-hydrogen) atoms. The van der Waals surface area contributed by atoms with Crippen molar-refractivity contribution in [2.75, 3.05) is 13.6 Å². The zero-order valence-electron chi connectivity index (χ0n) is 10.5. The van der Waals surface area contributed by atoms with E-state index in [-0.39, 0.29) is 18.0 Å². The lowest BCUT2D eigenvalue weighted by molar-refractivity contribution is 0.280. The smallest absolute Gasteiger partial charge is 0.243 e. The minimum Gasteiger partial charge on any atom is -0.392 e. The maximum absolute atomic E-state index is 12.1. The highest BCUT2D eigenvalue weighted by atomic mass is 32.2. The van der Waals surface area contributed by atoms with Crippen LogP contribution >= 0.6 is 0 Å². The van der Waals surface area contributed by atoms with Gasteiger partial charge in [0.05, 0.1) is 18.0 Å². The molecule has 0 bridgehead atoms. The summed E-state index contributed by atoms with van der Waals surface area (Å²) >= 11 is 0. The Bertz CT molecular complexity index is 558. The molecule has 0 saturated heterocycles. The fraction of sp³-hybridized carbons (Fsp3) is 0.385. The summed E-state index contributed by atoms with van der Waals surface area (Å²) in [6, 6.07) is 4.77. The molecule has 1 N–H and O–H groups in total. The van der Waals surface area contributed by atoms with Crippen LogP contribution in [0.2, 0.25) is 0 Å². The second-order valence-electron chi connectivity index (χ2n) is 3.91. The lowest BCUT2D eigenvalue weighted by Gasteiger charge is -2.15. The number of aliphatic hydroxyl groups excluding tert-OH is 1. The van der Waals surface area contributed by atoms with Gasteiger partial charge in [-0.3, -0.25) is 0 Å². The van der Waals surface area contributed by atoms with E-state index in [2.05, 4.69) is 5.92 Å². The highest BCUT2D eigenvalue weighted by molar-refractivity contribution is 7.89. The molecule has 5 heteroatoms. The first kappa shape index (κ1) is 14.7. The van der Waals surface area contributed by atoms with Crippen LogP contribution in [0, 0.1) is 12.3 Å². The molecule has 0 amide bonds. The Kier molecular flexibility index (Phi) is 4.91. The molecule has 1 aromatic carbocycles. The largest absolute Gasteiger partial charge is 0.392 e. The van der Waals surface area contributed by atoms with E-state index in [1.54, 1.807) is 12.1 Å². The van der Waals surface area contributed by atoms with Gasteiger partial charge in [-0.15, -0.1) is 6.42 Å². The first-order valence-electron chi connectivity index (χ1n) is 5.59. The molecule has 4 nitrogen and oxygen atoms in total. The molecule has 0 heterocycles. The van der Waals surface area contributed by atoms with Crippen LogP contribution in [0.25, 0.3) is 0 Å². The van der Waals surface area contributed by atoms with E-state index in [9.17, 15) is 13.5 Å². The van der Waals surface area contributed by atoms with Crippen LogP contribution in [0.15, 0.2) is 23.1 Å². The molecular weight excluding hydrogens is 250 g/mol. The van der Waals surface area contributed by atoms with E-state index in [1.165, 1.54) is 13.1 Å². The van der Waals surface area contributed by atoms with E-state index in [0.29, 0.717) is 5.56 Å². The second kappa shape index (κ2) is 6.01. The minimum atomic E-state index is -3.58. The summed E-state index contributed by atoms with van der Waals surface area (Å²) in [5, 5.41) is 9.24. The molecule has 0 aliphatic rings. The molecule has 0 aliphatic carbocycles. The Labute approximate surface area is 108 Å². The number of hydrogen-bond donors (Lipinski definition) is 1. The van der Waals surface area contributed by atoms with Crippen molar-refractivity contribution in [1.29, 1.82) is 0 Å². The third-order valence-electron chi connectivity index (χ3n) is 2.75. The molecule has 0 fully saturated rings. The van der Waals surface area contributed by atoms with Gasteiger partial charge in [0.2, 0.25) is 10.0 Å². The van der Waals surface area contributed by atoms with E-state index in [4.69, 9.17) is 6.42 Å². The SMILES string of the molecule is C#CCN(C)S(=O)(=O)c1ccc(CC)c(CO)c1. The van der Waals surface area contributed by atoms with Crippen molar-refractivity contribution in [3.8, 4) is 12.3 Å². The highest BCUT2D eigenvalue weighted by Crippen LogP contribution is 2.19. The lowest BCUT2D eigenvalue weighted by Crippen LogP contribution is -2.27. The summed E-state index contributed by atoms with van der Waals surface area (Å²) in [7, 11) is -2.15. The Morgan fingerprint density at radius 3 is 2.56 bits per heavy atom. The maximum Gasteiger partial charge on any atom is 0.243 e. The van der Waals surface area contributed by atoms with Crippen molar-refractivity contribution >= 4 is 10.0 Å². The summed E-state index contributed by atoms with van der Waals surface area (Å²) in [6.45, 7) is 1.80. The number of sulfonamides is 1. The molecule has 0 atom stereocenters. The van der Waals surface area contributed by atoms with Crippen LogP contribution < -0.4 is 0 Å². The van der Waals surface area contributed by atoms with Gasteiger partial charge in [0.1, 0.15) is 0 Å². The van der Waals surface area contributed by atoms with Gasteiger partial charge >= 0.3 is 0 Å². The molecule has 1 aromatic rings. The quantitative estimate of drug-likeness (QED) is 0.810. The van der Waals surface area contributed by atoms with Crippen LogP contribution in [0.3, 0.4) is 0 Å². The van der Waals surface area contributed by atoms with Crippen molar-refractivity contribution in [2.45, 2.75) is 24.8 Å². The van der Waals surface area contributed by atoms with Crippen LogP contribution in [0.5, 0.6) is 0 Å².